The van der Waals surface area contributed by atoms with Crippen LogP contribution in [0.4, 0.5) is 0 Å². The van der Waals surface area contributed by atoms with Crippen LogP contribution < -0.4 is 5.32 Å². The first-order chi connectivity index (χ1) is 12.1. The van der Waals surface area contributed by atoms with E-state index in [9.17, 15) is 4.79 Å². The van der Waals surface area contributed by atoms with Crippen molar-refractivity contribution in [1.82, 2.24) is 15.5 Å². The molecule has 0 bridgehead atoms. The van der Waals surface area contributed by atoms with Crippen molar-refractivity contribution in [2.75, 3.05) is 0 Å². The van der Waals surface area contributed by atoms with Crippen molar-refractivity contribution >= 4 is 5.91 Å². The van der Waals surface area contributed by atoms with Crippen molar-refractivity contribution in [1.29, 1.82) is 0 Å². The zero-order valence-corrected chi connectivity index (χ0v) is 14.6. The average Bonchev–Trinajstić information content (AvgIpc) is 2.98. The number of aryl methyl sites for hydroxylation is 2. The molecule has 25 heavy (non-hydrogen) atoms. The van der Waals surface area contributed by atoms with Gasteiger partial charge in [-0.2, -0.15) is 0 Å². The van der Waals surface area contributed by atoms with Gasteiger partial charge in [0.25, 0.3) is 0 Å². The van der Waals surface area contributed by atoms with Gasteiger partial charge in [-0.15, -0.1) is 0 Å². The number of nitrogens with zero attached hydrogens (tertiary/aromatic N) is 2. The summed E-state index contributed by atoms with van der Waals surface area (Å²) in [5.41, 5.74) is 3.60. The molecular formula is C20H21N3O2. The fourth-order valence-corrected chi connectivity index (χ4v) is 3.07. The topological polar surface area (TPSA) is 68.0 Å². The number of carbonyl (C=O) groups is 1. The maximum atomic E-state index is 12.9. The Balaban J connectivity index is 1.89. The minimum Gasteiger partial charge on any atom is -0.361 e. The Morgan fingerprint density at radius 3 is 2.28 bits per heavy atom. The molecule has 5 heteroatoms. The number of nitrogens with one attached hydrogen (secondary N) is 1. The molecule has 3 aromatic rings. The second-order valence-corrected chi connectivity index (χ2v) is 6.09. The monoisotopic (exact) mass is 335 g/mol. The molecule has 2 atom stereocenters. The summed E-state index contributed by atoms with van der Waals surface area (Å²) in [7, 11) is 0. The van der Waals surface area contributed by atoms with Gasteiger partial charge in [-0.05, 0) is 44.0 Å². The summed E-state index contributed by atoms with van der Waals surface area (Å²) in [5.74, 6) is 0.264. The van der Waals surface area contributed by atoms with Gasteiger partial charge in [0.05, 0.1) is 17.7 Å². The number of amides is 1. The molecule has 3 rings (SSSR count). The Morgan fingerprint density at radius 2 is 1.68 bits per heavy atom. The third-order valence-electron chi connectivity index (χ3n) is 4.37. The van der Waals surface area contributed by atoms with Gasteiger partial charge in [0.15, 0.2) is 0 Å². The van der Waals surface area contributed by atoms with E-state index in [1.807, 2.05) is 63.2 Å². The van der Waals surface area contributed by atoms with E-state index in [2.05, 4.69) is 15.5 Å². The van der Waals surface area contributed by atoms with E-state index in [1.54, 1.807) is 12.4 Å². The van der Waals surface area contributed by atoms with E-state index in [0.29, 0.717) is 5.76 Å². The van der Waals surface area contributed by atoms with Crippen LogP contribution in [0.25, 0.3) is 0 Å². The summed E-state index contributed by atoms with van der Waals surface area (Å²) in [4.78, 5) is 17.0. The van der Waals surface area contributed by atoms with Crippen molar-refractivity contribution in [3.8, 4) is 0 Å². The zero-order chi connectivity index (χ0) is 17.8. The summed E-state index contributed by atoms with van der Waals surface area (Å²) >= 11 is 0. The van der Waals surface area contributed by atoms with Gasteiger partial charge in [-0.25, -0.2) is 0 Å². The number of hydrogen-bond acceptors (Lipinski definition) is 4. The lowest BCUT2D eigenvalue weighted by Crippen LogP contribution is -2.33. The molecular weight excluding hydrogens is 314 g/mol. The minimum absolute atomic E-state index is 0.0694. The smallest absolute Gasteiger partial charge is 0.228 e. The Labute approximate surface area is 147 Å². The lowest BCUT2D eigenvalue weighted by Gasteiger charge is -2.22. The molecule has 2 heterocycles. The van der Waals surface area contributed by atoms with Crippen molar-refractivity contribution in [2.24, 2.45) is 0 Å². The van der Waals surface area contributed by atoms with Crippen LogP contribution in [0.5, 0.6) is 0 Å². The molecule has 0 aliphatic carbocycles. The molecule has 0 saturated carbocycles. The molecule has 0 aliphatic heterocycles. The van der Waals surface area contributed by atoms with E-state index in [-0.39, 0.29) is 17.9 Å². The van der Waals surface area contributed by atoms with Crippen LogP contribution in [0.3, 0.4) is 0 Å². The van der Waals surface area contributed by atoms with E-state index in [4.69, 9.17) is 4.52 Å². The van der Waals surface area contributed by atoms with Crippen molar-refractivity contribution in [2.45, 2.75) is 32.7 Å². The molecule has 0 aliphatic rings. The highest BCUT2D eigenvalue weighted by molar-refractivity contribution is 5.84. The van der Waals surface area contributed by atoms with Crippen LogP contribution in [0.1, 0.15) is 47.0 Å². The summed E-state index contributed by atoms with van der Waals surface area (Å²) in [6.45, 7) is 5.56. The van der Waals surface area contributed by atoms with Gasteiger partial charge in [-0.3, -0.25) is 9.78 Å². The summed E-state index contributed by atoms with van der Waals surface area (Å²) in [5, 5.41) is 7.11. The number of aromatic nitrogens is 2. The first-order valence-corrected chi connectivity index (χ1v) is 8.26. The maximum Gasteiger partial charge on any atom is 0.228 e. The number of pyridine rings is 1. The van der Waals surface area contributed by atoms with Crippen LogP contribution in [0.15, 0.2) is 59.4 Å². The molecule has 0 saturated heterocycles. The summed E-state index contributed by atoms with van der Waals surface area (Å²) in [6.07, 6.45) is 3.46. The number of hydrogen-bond donors (Lipinski definition) is 1. The molecule has 2 unspecified atom stereocenters. The highest BCUT2D eigenvalue weighted by Crippen LogP contribution is 2.26. The molecule has 0 fully saturated rings. The van der Waals surface area contributed by atoms with Crippen LogP contribution in [-0.2, 0) is 4.79 Å². The quantitative estimate of drug-likeness (QED) is 0.772. The molecule has 1 amide bonds. The molecule has 2 aromatic heterocycles. The largest absolute Gasteiger partial charge is 0.361 e. The maximum absolute atomic E-state index is 12.9. The molecule has 0 radical (unpaired) electrons. The standard InChI is InChI=1S/C20H21N3O2/c1-13(18-14(2)23-25-15(18)3)20(24)22-19(16-7-5-4-6-8-16)17-9-11-21-12-10-17/h4-13,19H,1-3H3,(H,22,24). The molecule has 128 valence electrons. The second-order valence-electron chi connectivity index (χ2n) is 6.09. The lowest BCUT2D eigenvalue weighted by atomic mass is 9.95. The van der Waals surface area contributed by atoms with Gasteiger partial charge in [-0.1, -0.05) is 35.5 Å². The lowest BCUT2D eigenvalue weighted by molar-refractivity contribution is -0.122. The SMILES string of the molecule is Cc1noc(C)c1C(C)C(=O)NC(c1ccccc1)c1ccncc1. The average molecular weight is 335 g/mol. The normalized spacial score (nSPS) is 13.2. The Hall–Kier alpha value is -2.95. The zero-order valence-electron chi connectivity index (χ0n) is 14.6. The van der Waals surface area contributed by atoms with Crippen molar-refractivity contribution in [3.63, 3.8) is 0 Å². The molecule has 1 aromatic carbocycles. The van der Waals surface area contributed by atoms with E-state index < -0.39 is 0 Å². The predicted molar refractivity (Wildman–Crippen MR) is 95.1 cm³/mol. The van der Waals surface area contributed by atoms with E-state index >= 15 is 0 Å². The van der Waals surface area contributed by atoms with Gasteiger partial charge in [0, 0.05) is 18.0 Å². The highest BCUT2D eigenvalue weighted by Gasteiger charge is 2.26. The van der Waals surface area contributed by atoms with Crippen LogP contribution in [0, 0.1) is 13.8 Å². The molecule has 0 spiro atoms. The van der Waals surface area contributed by atoms with Gasteiger partial charge >= 0.3 is 0 Å². The number of rotatable bonds is 5. The first-order valence-electron chi connectivity index (χ1n) is 8.26. The third-order valence-corrected chi connectivity index (χ3v) is 4.37. The van der Waals surface area contributed by atoms with Crippen LogP contribution in [0.2, 0.25) is 0 Å². The number of benzene rings is 1. The number of carbonyl (C=O) groups excluding carboxylic acids is 1. The second kappa shape index (κ2) is 7.30. The van der Waals surface area contributed by atoms with E-state index in [1.165, 1.54) is 0 Å². The summed E-state index contributed by atoms with van der Waals surface area (Å²) in [6, 6.07) is 13.5. The Kier molecular flexibility index (Phi) is 4.93. The van der Waals surface area contributed by atoms with Crippen molar-refractivity contribution < 1.29 is 9.32 Å². The third kappa shape index (κ3) is 3.60. The van der Waals surface area contributed by atoms with E-state index in [0.717, 1.165) is 22.4 Å². The Morgan fingerprint density at radius 1 is 1.04 bits per heavy atom. The van der Waals surface area contributed by atoms with Gasteiger partial charge < -0.3 is 9.84 Å². The fourth-order valence-electron chi connectivity index (χ4n) is 3.07. The first kappa shape index (κ1) is 16.9. The van der Waals surface area contributed by atoms with Crippen LogP contribution >= 0.6 is 0 Å². The van der Waals surface area contributed by atoms with Gasteiger partial charge in [0.2, 0.25) is 5.91 Å². The minimum atomic E-state index is -0.348. The fraction of sp³-hybridized carbons (Fsp3) is 0.250. The summed E-state index contributed by atoms with van der Waals surface area (Å²) < 4.78 is 5.20. The highest BCUT2D eigenvalue weighted by atomic mass is 16.5. The molecule has 1 N–H and O–H groups in total. The van der Waals surface area contributed by atoms with Crippen LogP contribution in [-0.4, -0.2) is 16.0 Å². The van der Waals surface area contributed by atoms with Gasteiger partial charge in [0.1, 0.15) is 5.76 Å². The van der Waals surface area contributed by atoms with Crippen molar-refractivity contribution in [3.05, 3.63) is 83.0 Å². The Bertz CT molecular complexity index is 785. The molecule has 5 nitrogen and oxygen atoms in total. The predicted octanol–water partition coefficient (Wildman–Crippen LogP) is 3.70.